The Balaban J connectivity index is 2.61. The summed E-state index contributed by atoms with van der Waals surface area (Å²) in [6.07, 6.45) is 4.21. The van der Waals surface area contributed by atoms with Crippen LogP contribution in [0.5, 0.6) is 0 Å². The van der Waals surface area contributed by atoms with Gasteiger partial charge in [-0.1, -0.05) is 25.5 Å². The van der Waals surface area contributed by atoms with Gasteiger partial charge in [0.2, 0.25) is 0 Å². The molecule has 0 bridgehead atoms. The minimum Gasteiger partial charge on any atom is -0.384 e. The summed E-state index contributed by atoms with van der Waals surface area (Å²) in [7, 11) is 0. The fourth-order valence-corrected chi connectivity index (χ4v) is 1.57. The third-order valence-corrected chi connectivity index (χ3v) is 2.45. The molecule has 1 unspecified atom stereocenters. The number of rotatable bonds is 5. The summed E-state index contributed by atoms with van der Waals surface area (Å²) >= 11 is 0. The van der Waals surface area contributed by atoms with Gasteiger partial charge >= 0.3 is 0 Å². The zero-order valence-electron chi connectivity index (χ0n) is 10.1. The van der Waals surface area contributed by atoms with Crippen molar-refractivity contribution in [1.29, 1.82) is 0 Å². The first-order chi connectivity index (χ1) is 6.93. The monoisotopic (exact) mass is 211 g/mol. The molecule has 1 rings (SSSR count). The lowest BCUT2D eigenvalue weighted by atomic mass is 10.1. The van der Waals surface area contributed by atoms with Crippen LogP contribution in [0.15, 0.2) is 6.20 Å². The molecule has 15 heavy (non-hydrogen) atoms. The highest BCUT2D eigenvalue weighted by molar-refractivity contribution is 5.02. The standard InChI is InChI=1S/C11H21N3O/c1-5-6-9(2)7-14-8-10(12-13-14)11(3,4)15/h8-9,15H,5-7H2,1-4H3. The SMILES string of the molecule is CCCC(C)Cn1cc(C(C)(C)O)nn1. The molecule has 1 N–H and O–H groups in total. The Morgan fingerprint density at radius 3 is 2.67 bits per heavy atom. The summed E-state index contributed by atoms with van der Waals surface area (Å²) in [6.45, 7) is 8.69. The van der Waals surface area contributed by atoms with Crippen LogP contribution in [0.3, 0.4) is 0 Å². The van der Waals surface area contributed by atoms with Crippen LogP contribution in [-0.4, -0.2) is 20.1 Å². The highest BCUT2D eigenvalue weighted by Crippen LogP contribution is 2.16. The van der Waals surface area contributed by atoms with E-state index in [1.807, 2.05) is 10.9 Å². The predicted molar refractivity (Wildman–Crippen MR) is 59.3 cm³/mol. The Hall–Kier alpha value is -0.900. The van der Waals surface area contributed by atoms with E-state index in [0.717, 1.165) is 6.54 Å². The maximum absolute atomic E-state index is 9.72. The van der Waals surface area contributed by atoms with Crippen molar-refractivity contribution in [3.63, 3.8) is 0 Å². The Morgan fingerprint density at radius 2 is 2.20 bits per heavy atom. The molecule has 4 heteroatoms. The molecule has 0 amide bonds. The minimum atomic E-state index is -0.897. The molecular formula is C11H21N3O. The summed E-state index contributed by atoms with van der Waals surface area (Å²) < 4.78 is 1.81. The van der Waals surface area contributed by atoms with Crippen molar-refractivity contribution in [2.75, 3.05) is 0 Å². The Bertz CT molecular complexity index is 301. The molecular weight excluding hydrogens is 190 g/mol. The minimum absolute atomic E-state index is 0.603. The van der Waals surface area contributed by atoms with Crippen molar-refractivity contribution in [1.82, 2.24) is 15.0 Å². The zero-order valence-corrected chi connectivity index (χ0v) is 10.1. The van der Waals surface area contributed by atoms with Gasteiger partial charge in [0.25, 0.3) is 0 Å². The quantitative estimate of drug-likeness (QED) is 0.809. The predicted octanol–water partition coefficient (Wildman–Crippen LogP) is 1.94. The van der Waals surface area contributed by atoms with Crippen LogP contribution < -0.4 is 0 Å². The molecule has 0 radical (unpaired) electrons. The number of nitrogens with zero attached hydrogens (tertiary/aromatic N) is 3. The Morgan fingerprint density at radius 1 is 1.53 bits per heavy atom. The largest absolute Gasteiger partial charge is 0.384 e. The van der Waals surface area contributed by atoms with Crippen LogP contribution in [0.1, 0.15) is 46.2 Å². The maximum atomic E-state index is 9.72. The molecule has 86 valence electrons. The van der Waals surface area contributed by atoms with Gasteiger partial charge in [0.15, 0.2) is 0 Å². The third kappa shape index (κ3) is 3.63. The summed E-state index contributed by atoms with van der Waals surface area (Å²) in [5.41, 5.74) is -0.266. The maximum Gasteiger partial charge on any atom is 0.114 e. The van der Waals surface area contributed by atoms with Gasteiger partial charge in [-0.25, -0.2) is 0 Å². The van der Waals surface area contributed by atoms with Gasteiger partial charge in [-0.3, -0.25) is 4.68 Å². The van der Waals surface area contributed by atoms with Crippen LogP contribution >= 0.6 is 0 Å². The number of hydrogen-bond donors (Lipinski definition) is 1. The molecule has 0 aromatic carbocycles. The molecule has 0 saturated carbocycles. The van der Waals surface area contributed by atoms with Gasteiger partial charge in [0.05, 0.1) is 6.20 Å². The number of aliphatic hydroxyl groups is 1. The number of aromatic nitrogens is 3. The summed E-state index contributed by atoms with van der Waals surface area (Å²) in [4.78, 5) is 0. The molecule has 0 fully saturated rings. The van der Waals surface area contributed by atoms with E-state index in [1.54, 1.807) is 13.8 Å². The molecule has 0 aliphatic heterocycles. The second-order valence-corrected chi connectivity index (χ2v) is 4.78. The molecule has 1 atom stereocenters. The third-order valence-electron chi connectivity index (χ3n) is 2.45. The summed E-state index contributed by atoms with van der Waals surface area (Å²) in [5, 5.41) is 17.7. The van der Waals surface area contributed by atoms with Gasteiger partial charge < -0.3 is 5.11 Å². The first-order valence-corrected chi connectivity index (χ1v) is 5.56. The molecule has 4 nitrogen and oxygen atoms in total. The topological polar surface area (TPSA) is 50.9 Å². The van der Waals surface area contributed by atoms with Crippen molar-refractivity contribution in [2.45, 2.75) is 52.7 Å². The number of hydrogen-bond acceptors (Lipinski definition) is 3. The van der Waals surface area contributed by atoms with Crippen LogP contribution in [-0.2, 0) is 12.1 Å². The van der Waals surface area contributed by atoms with E-state index in [4.69, 9.17) is 0 Å². The zero-order chi connectivity index (χ0) is 11.5. The van der Waals surface area contributed by atoms with Crippen LogP contribution in [0, 0.1) is 5.92 Å². The first kappa shape index (κ1) is 12.2. The second-order valence-electron chi connectivity index (χ2n) is 4.78. The highest BCUT2D eigenvalue weighted by atomic mass is 16.3. The van der Waals surface area contributed by atoms with Gasteiger partial charge in [0.1, 0.15) is 11.3 Å². The molecule has 1 aromatic heterocycles. The van der Waals surface area contributed by atoms with Crippen LogP contribution in [0.2, 0.25) is 0 Å². The lowest BCUT2D eigenvalue weighted by Crippen LogP contribution is -2.16. The summed E-state index contributed by atoms with van der Waals surface area (Å²) in [6, 6.07) is 0. The van der Waals surface area contributed by atoms with Crippen molar-refractivity contribution in [3.8, 4) is 0 Å². The first-order valence-electron chi connectivity index (χ1n) is 5.56. The van der Waals surface area contributed by atoms with E-state index in [9.17, 15) is 5.11 Å². The molecule has 0 aliphatic rings. The van der Waals surface area contributed by atoms with Crippen molar-refractivity contribution < 1.29 is 5.11 Å². The van der Waals surface area contributed by atoms with E-state index in [1.165, 1.54) is 12.8 Å². The van der Waals surface area contributed by atoms with E-state index >= 15 is 0 Å². The average Bonchev–Trinajstić information content (AvgIpc) is 2.52. The highest BCUT2D eigenvalue weighted by Gasteiger charge is 2.20. The molecule has 1 aromatic rings. The van der Waals surface area contributed by atoms with Crippen molar-refractivity contribution in [3.05, 3.63) is 11.9 Å². The molecule has 0 aliphatic carbocycles. The van der Waals surface area contributed by atoms with Crippen LogP contribution in [0.25, 0.3) is 0 Å². The van der Waals surface area contributed by atoms with E-state index in [0.29, 0.717) is 11.6 Å². The lowest BCUT2D eigenvalue weighted by Gasteiger charge is -2.12. The smallest absolute Gasteiger partial charge is 0.114 e. The van der Waals surface area contributed by atoms with E-state index in [-0.39, 0.29) is 0 Å². The Kier molecular flexibility index (Phi) is 3.85. The van der Waals surface area contributed by atoms with Gasteiger partial charge in [-0.05, 0) is 26.2 Å². The van der Waals surface area contributed by atoms with E-state index in [2.05, 4.69) is 24.2 Å². The lowest BCUT2D eigenvalue weighted by molar-refractivity contribution is 0.0737. The van der Waals surface area contributed by atoms with Gasteiger partial charge in [-0.2, -0.15) is 0 Å². The fourth-order valence-electron chi connectivity index (χ4n) is 1.57. The molecule has 0 spiro atoms. The van der Waals surface area contributed by atoms with Crippen molar-refractivity contribution >= 4 is 0 Å². The van der Waals surface area contributed by atoms with E-state index < -0.39 is 5.60 Å². The molecule has 0 saturated heterocycles. The molecule has 1 heterocycles. The summed E-state index contributed by atoms with van der Waals surface area (Å²) in [5.74, 6) is 0.603. The van der Waals surface area contributed by atoms with Gasteiger partial charge in [0, 0.05) is 6.54 Å². The van der Waals surface area contributed by atoms with Crippen LogP contribution in [0.4, 0.5) is 0 Å². The Labute approximate surface area is 91.3 Å². The second kappa shape index (κ2) is 4.75. The fraction of sp³-hybridized carbons (Fsp3) is 0.818. The van der Waals surface area contributed by atoms with Crippen molar-refractivity contribution in [2.24, 2.45) is 5.92 Å². The average molecular weight is 211 g/mol. The normalized spacial score (nSPS) is 14.2. The van der Waals surface area contributed by atoms with Gasteiger partial charge in [-0.15, -0.1) is 5.10 Å².